The first-order valence-corrected chi connectivity index (χ1v) is 8.83. The van der Waals surface area contributed by atoms with Crippen LogP contribution in [0.2, 0.25) is 0 Å². The van der Waals surface area contributed by atoms with Gasteiger partial charge in [-0.05, 0) is 31.4 Å². The van der Waals surface area contributed by atoms with Crippen molar-refractivity contribution in [2.24, 2.45) is 5.92 Å². The minimum absolute atomic E-state index is 0.00162. The molecule has 1 aromatic carbocycles. The maximum absolute atomic E-state index is 12.6. The van der Waals surface area contributed by atoms with Crippen molar-refractivity contribution < 1.29 is 14.6 Å². The third-order valence-electron chi connectivity index (χ3n) is 5.35. The summed E-state index contributed by atoms with van der Waals surface area (Å²) in [6, 6.07) is 7.87. The Morgan fingerprint density at radius 2 is 2.04 bits per heavy atom. The van der Waals surface area contributed by atoms with Crippen molar-refractivity contribution >= 4 is 5.91 Å². The molecule has 0 saturated heterocycles. The number of benzene rings is 1. The molecule has 0 bridgehead atoms. The number of ether oxygens (including phenoxy) is 1. The van der Waals surface area contributed by atoms with Crippen molar-refractivity contribution in [1.29, 1.82) is 0 Å². The topological polar surface area (TPSA) is 78.5 Å². The predicted octanol–water partition coefficient (Wildman–Crippen LogP) is 1.78. The number of amides is 1. The molecule has 2 aliphatic rings. The Morgan fingerprint density at radius 3 is 2.80 bits per heavy atom. The number of aromatic nitrogens is 2. The average molecular weight is 341 g/mol. The molecule has 2 heterocycles. The van der Waals surface area contributed by atoms with Gasteiger partial charge < -0.3 is 14.7 Å². The normalized spacial score (nSPS) is 22.7. The highest BCUT2D eigenvalue weighted by Gasteiger charge is 2.36. The number of carbonyl (C=O) groups excluding carboxylic acids is 1. The van der Waals surface area contributed by atoms with Crippen molar-refractivity contribution in [3.05, 3.63) is 35.5 Å². The lowest BCUT2D eigenvalue weighted by Gasteiger charge is -2.34. The van der Waals surface area contributed by atoms with Crippen LogP contribution in [0, 0.1) is 5.92 Å². The number of carbonyl (C=O) groups is 1. The lowest BCUT2D eigenvalue weighted by molar-refractivity contribution is -0.142. The third kappa shape index (κ3) is 2.91. The van der Waals surface area contributed by atoms with Crippen LogP contribution in [0.3, 0.4) is 0 Å². The second-order valence-corrected chi connectivity index (χ2v) is 6.88. The molecule has 6 nitrogen and oxygen atoms in total. The van der Waals surface area contributed by atoms with E-state index in [4.69, 9.17) is 4.74 Å². The smallest absolute Gasteiger partial charge is 0.225 e. The molecule has 2 aromatic rings. The van der Waals surface area contributed by atoms with Gasteiger partial charge in [-0.1, -0.05) is 12.1 Å². The fourth-order valence-corrected chi connectivity index (χ4v) is 3.81. The van der Waals surface area contributed by atoms with Crippen LogP contribution in [0.25, 0.3) is 11.3 Å². The summed E-state index contributed by atoms with van der Waals surface area (Å²) >= 11 is 0. The van der Waals surface area contributed by atoms with Gasteiger partial charge in [-0.3, -0.25) is 9.89 Å². The summed E-state index contributed by atoms with van der Waals surface area (Å²) in [5, 5.41) is 17.1. The first-order valence-electron chi connectivity index (χ1n) is 8.83. The first-order chi connectivity index (χ1) is 12.2. The second-order valence-electron chi connectivity index (χ2n) is 6.88. The average Bonchev–Trinajstić information content (AvgIpc) is 2.89. The van der Waals surface area contributed by atoms with Gasteiger partial charge in [-0.15, -0.1) is 0 Å². The fraction of sp³-hybridized carbons (Fsp3) is 0.474. The van der Waals surface area contributed by atoms with Crippen LogP contribution in [-0.4, -0.2) is 52.4 Å². The number of nitrogens with zero attached hydrogens (tertiary/aromatic N) is 2. The minimum atomic E-state index is -0.296. The number of aliphatic hydroxyl groups is 1. The number of fused-ring (bicyclic) bond motifs is 1. The van der Waals surface area contributed by atoms with Gasteiger partial charge in [0.1, 0.15) is 5.75 Å². The van der Waals surface area contributed by atoms with Gasteiger partial charge in [0.15, 0.2) is 0 Å². The van der Waals surface area contributed by atoms with Crippen molar-refractivity contribution in [3.8, 4) is 17.0 Å². The largest absolute Gasteiger partial charge is 0.496 e. The lowest BCUT2D eigenvalue weighted by atomic mass is 9.81. The number of aliphatic hydroxyl groups excluding tert-OH is 1. The molecule has 1 aliphatic heterocycles. The van der Waals surface area contributed by atoms with Crippen molar-refractivity contribution in [2.45, 2.75) is 31.8 Å². The highest BCUT2D eigenvalue weighted by molar-refractivity contribution is 5.80. The molecule has 2 N–H and O–H groups in total. The summed E-state index contributed by atoms with van der Waals surface area (Å²) in [6.45, 7) is 1.39. The van der Waals surface area contributed by atoms with Gasteiger partial charge in [0, 0.05) is 42.2 Å². The van der Waals surface area contributed by atoms with E-state index in [1.165, 1.54) is 5.56 Å². The standard InChI is InChI=1S/C19H23N3O3/c1-25-17-5-3-2-4-15(17)18-14-6-8-22(9-7-16(14)20-21-18)19(24)12-10-13(23)11-12/h2-5,12-13,23H,6-11H2,1H3,(H,20,21). The maximum atomic E-state index is 12.6. The molecular formula is C19H23N3O3. The van der Waals surface area contributed by atoms with E-state index in [-0.39, 0.29) is 17.9 Å². The number of hydrogen-bond acceptors (Lipinski definition) is 4. The lowest BCUT2D eigenvalue weighted by Crippen LogP contribution is -2.44. The van der Waals surface area contributed by atoms with Gasteiger partial charge in [0.2, 0.25) is 5.91 Å². The van der Waals surface area contributed by atoms with Gasteiger partial charge >= 0.3 is 0 Å². The number of nitrogens with one attached hydrogen (secondary N) is 1. The zero-order valence-electron chi connectivity index (χ0n) is 14.4. The molecule has 0 spiro atoms. The van der Waals surface area contributed by atoms with Crippen molar-refractivity contribution in [2.75, 3.05) is 20.2 Å². The summed E-state index contributed by atoms with van der Waals surface area (Å²) in [7, 11) is 1.66. The molecule has 1 amide bonds. The maximum Gasteiger partial charge on any atom is 0.225 e. The minimum Gasteiger partial charge on any atom is -0.496 e. The van der Waals surface area contributed by atoms with Gasteiger partial charge in [-0.2, -0.15) is 5.10 Å². The summed E-state index contributed by atoms with van der Waals surface area (Å²) in [4.78, 5) is 14.5. The van der Waals surface area contributed by atoms with Crippen molar-refractivity contribution in [1.82, 2.24) is 15.1 Å². The van der Waals surface area contributed by atoms with Crippen LogP contribution in [0.1, 0.15) is 24.1 Å². The monoisotopic (exact) mass is 341 g/mol. The van der Waals surface area contributed by atoms with E-state index in [1.807, 2.05) is 29.2 Å². The van der Waals surface area contributed by atoms with Crippen molar-refractivity contribution in [3.63, 3.8) is 0 Å². The molecule has 1 aliphatic carbocycles. The zero-order valence-corrected chi connectivity index (χ0v) is 14.4. The molecule has 1 saturated carbocycles. The molecule has 132 valence electrons. The van der Waals surface area contributed by atoms with Crippen LogP contribution in [-0.2, 0) is 17.6 Å². The Morgan fingerprint density at radius 1 is 1.28 bits per heavy atom. The van der Waals surface area contributed by atoms with E-state index in [0.29, 0.717) is 25.9 Å². The molecule has 0 radical (unpaired) electrons. The Labute approximate surface area is 146 Å². The third-order valence-corrected chi connectivity index (χ3v) is 5.35. The van der Waals surface area contributed by atoms with Gasteiger partial charge in [0.05, 0.1) is 18.9 Å². The molecule has 0 atom stereocenters. The summed E-state index contributed by atoms with van der Waals surface area (Å²) in [5.74, 6) is 0.984. The zero-order chi connectivity index (χ0) is 17.4. The van der Waals surface area contributed by atoms with E-state index in [1.54, 1.807) is 7.11 Å². The SMILES string of the molecule is COc1ccccc1-c1n[nH]c2c1CCN(C(=O)C1CC(O)C1)CC2. The number of rotatable bonds is 3. The van der Waals surface area contributed by atoms with Crippen LogP contribution in [0.5, 0.6) is 5.75 Å². The van der Waals surface area contributed by atoms with E-state index >= 15 is 0 Å². The Bertz CT molecular complexity index is 780. The van der Waals surface area contributed by atoms with Crippen LogP contribution in [0.4, 0.5) is 0 Å². The summed E-state index contributed by atoms with van der Waals surface area (Å²) in [6.07, 6.45) is 2.47. The highest BCUT2D eigenvalue weighted by atomic mass is 16.5. The van der Waals surface area contributed by atoms with E-state index in [2.05, 4.69) is 10.2 Å². The molecule has 0 unspecified atom stereocenters. The Hall–Kier alpha value is -2.34. The predicted molar refractivity (Wildman–Crippen MR) is 93.3 cm³/mol. The van der Waals surface area contributed by atoms with E-state index in [9.17, 15) is 9.90 Å². The number of hydrogen-bond donors (Lipinski definition) is 2. The summed E-state index contributed by atoms with van der Waals surface area (Å²) < 4.78 is 5.47. The molecule has 6 heteroatoms. The molecule has 25 heavy (non-hydrogen) atoms. The first kappa shape index (κ1) is 16.1. The highest BCUT2D eigenvalue weighted by Crippen LogP contribution is 2.34. The van der Waals surface area contributed by atoms with Gasteiger partial charge in [0.25, 0.3) is 0 Å². The number of aromatic amines is 1. The van der Waals surface area contributed by atoms with Crippen LogP contribution >= 0.6 is 0 Å². The Balaban J connectivity index is 1.55. The quantitative estimate of drug-likeness (QED) is 0.892. The number of para-hydroxylation sites is 1. The molecular weight excluding hydrogens is 318 g/mol. The fourth-order valence-electron chi connectivity index (χ4n) is 3.81. The van der Waals surface area contributed by atoms with Crippen LogP contribution < -0.4 is 4.74 Å². The summed E-state index contributed by atoms with van der Waals surface area (Å²) in [5.41, 5.74) is 4.17. The van der Waals surface area contributed by atoms with E-state index < -0.39 is 0 Å². The molecule has 1 fully saturated rings. The number of methoxy groups -OCH3 is 1. The Kier molecular flexibility index (Phi) is 4.21. The van der Waals surface area contributed by atoms with E-state index in [0.717, 1.165) is 35.5 Å². The molecule has 1 aromatic heterocycles. The molecule has 4 rings (SSSR count). The van der Waals surface area contributed by atoms with Gasteiger partial charge in [-0.25, -0.2) is 0 Å². The second kappa shape index (κ2) is 6.52. The number of H-pyrrole nitrogens is 1. The van der Waals surface area contributed by atoms with Crippen LogP contribution in [0.15, 0.2) is 24.3 Å².